The normalized spacial score (nSPS) is 14.6. The maximum atomic E-state index is 6.01. The van der Waals surface area contributed by atoms with Crippen molar-refractivity contribution in [3.63, 3.8) is 0 Å². The average molecular weight is 473 g/mol. The van der Waals surface area contributed by atoms with Crippen molar-refractivity contribution in [3.05, 3.63) is 66.7 Å². The highest BCUT2D eigenvalue weighted by molar-refractivity contribution is 5.92. The van der Waals surface area contributed by atoms with Crippen LogP contribution in [0.4, 0.5) is 11.8 Å². The number of aromatic nitrogens is 4. The highest BCUT2D eigenvalue weighted by atomic mass is 16.5. The van der Waals surface area contributed by atoms with E-state index < -0.39 is 0 Å². The first-order valence-corrected chi connectivity index (χ1v) is 11.6. The minimum absolute atomic E-state index is 0.0736. The molecule has 0 bridgehead atoms. The zero-order valence-electron chi connectivity index (χ0n) is 20.1. The molecule has 1 aliphatic rings. The summed E-state index contributed by atoms with van der Waals surface area (Å²) in [5, 5.41) is 0.934. The fourth-order valence-corrected chi connectivity index (χ4v) is 4.27. The zero-order valence-corrected chi connectivity index (χ0v) is 20.1. The smallest absolute Gasteiger partial charge is 0.225 e. The van der Waals surface area contributed by atoms with Crippen LogP contribution in [0, 0.1) is 0 Å². The monoisotopic (exact) mass is 472 g/mol. The highest BCUT2D eigenvalue weighted by Gasteiger charge is 2.22. The summed E-state index contributed by atoms with van der Waals surface area (Å²) in [6, 6.07) is 13.9. The third kappa shape index (κ3) is 4.75. The molecule has 9 nitrogen and oxygen atoms in total. The van der Waals surface area contributed by atoms with Crippen molar-refractivity contribution in [1.82, 2.24) is 19.9 Å². The van der Waals surface area contributed by atoms with Crippen molar-refractivity contribution in [3.8, 4) is 17.2 Å². The lowest BCUT2D eigenvalue weighted by Crippen LogP contribution is -2.47. The highest BCUT2D eigenvalue weighted by Crippen LogP contribution is 2.35. The van der Waals surface area contributed by atoms with Gasteiger partial charge in [0.15, 0.2) is 17.2 Å². The van der Waals surface area contributed by atoms with Gasteiger partial charge in [-0.25, -0.2) is 19.9 Å². The number of methoxy groups -OCH3 is 2. The fourth-order valence-electron chi connectivity index (χ4n) is 4.27. The molecule has 3 heterocycles. The number of rotatable bonds is 7. The Hall–Kier alpha value is -4.14. The van der Waals surface area contributed by atoms with Gasteiger partial charge in [0.2, 0.25) is 5.95 Å². The van der Waals surface area contributed by atoms with Gasteiger partial charge in [0, 0.05) is 37.6 Å². The lowest BCUT2D eigenvalue weighted by molar-refractivity contribution is 0.225. The Balaban J connectivity index is 1.25. The van der Waals surface area contributed by atoms with E-state index >= 15 is 0 Å². The van der Waals surface area contributed by atoms with E-state index in [1.807, 2.05) is 49.4 Å². The molecule has 180 valence electrons. The summed E-state index contributed by atoms with van der Waals surface area (Å²) in [7, 11) is 3.25. The second-order valence-electron chi connectivity index (χ2n) is 8.29. The molecular weight excluding hydrogens is 444 g/mol. The molecule has 0 saturated carbocycles. The standard InChI is InChI=1S/C26H28N6O3/c1-18(19-7-5-4-6-8-19)35-20-15-27-26(28-16-20)32-11-9-31(10-12-32)25-21-13-23(33-2)24(34-3)14-22(21)29-17-30-25/h4-8,13-18H,9-12H2,1-3H3/t18-/m0/s1. The molecule has 2 aromatic carbocycles. The molecule has 5 rings (SSSR count). The summed E-state index contributed by atoms with van der Waals surface area (Å²) in [5.41, 5.74) is 1.93. The number of nitrogens with zero attached hydrogens (tertiary/aromatic N) is 6. The molecule has 9 heteroatoms. The Morgan fingerprint density at radius 2 is 1.46 bits per heavy atom. The van der Waals surface area contributed by atoms with Crippen molar-refractivity contribution in [2.75, 3.05) is 50.2 Å². The first-order chi connectivity index (χ1) is 17.2. The molecule has 0 amide bonds. The van der Waals surface area contributed by atoms with Crippen LogP contribution < -0.4 is 24.0 Å². The summed E-state index contributed by atoms with van der Waals surface area (Å²) >= 11 is 0. The molecule has 1 aliphatic heterocycles. The predicted octanol–water partition coefficient (Wildman–Crippen LogP) is 3.90. The summed E-state index contributed by atoms with van der Waals surface area (Å²) < 4.78 is 16.9. The minimum Gasteiger partial charge on any atom is -0.493 e. The maximum absolute atomic E-state index is 6.01. The van der Waals surface area contributed by atoms with Gasteiger partial charge in [-0.15, -0.1) is 0 Å². The summed E-state index contributed by atoms with van der Waals surface area (Å²) in [5.74, 6) is 3.54. The number of hydrogen-bond acceptors (Lipinski definition) is 9. The quantitative estimate of drug-likeness (QED) is 0.397. The lowest BCUT2D eigenvalue weighted by atomic mass is 10.1. The second-order valence-corrected chi connectivity index (χ2v) is 8.29. The van der Waals surface area contributed by atoms with Crippen LogP contribution in [0.3, 0.4) is 0 Å². The van der Waals surface area contributed by atoms with E-state index in [9.17, 15) is 0 Å². The molecule has 0 aliphatic carbocycles. The molecular formula is C26H28N6O3. The van der Waals surface area contributed by atoms with Gasteiger partial charge in [-0.2, -0.15) is 0 Å². The number of fused-ring (bicyclic) bond motifs is 1. The molecule has 1 saturated heterocycles. The first-order valence-electron chi connectivity index (χ1n) is 11.6. The van der Waals surface area contributed by atoms with Crippen LogP contribution in [0.2, 0.25) is 0 Å². The Bertz CT molecular complexity index is 1280. The Labute approximate surface area is 204 Å². The number of benzene rings is 2. The van der Waals surface area contributed by atoms with E-state index in [2.05, 4.69) is 29.7 Å². The van der Waals surface area contributed by atoms with Crippen molar-refractivity contribution in [2.45, 2.75) is 13.0 Å². The SMILES string of the molecule is COc1cc2ncnc(N3CCN(c4ncc(O[C@@H](C)c5ccccc5)cn4)CC3)c2cc1OC. The summed E-state index contributed by atoms with van der Waals surface area (Å²) in [4.78, 5) is 22.5. The Morgan fingerprint density at radius 1 is 0.800 bits per heavy atom. The Kier molecular flexibility index (Phi) is 6.47. The van der Waals surface area contributed by atoms with E-state index in [4.69, 9.17) is 14.2 Å². The first kappa shape index (κ1) is 22.6. The molecule has 1 atom stereocenters. The molecule has 0 unspecified atom stereocenters. The Morgan fingerprint density at radius 3 is 2.14 bits per heavy atom. The van der Waals surface area contributed by atoms with Gasteiger partial charge in [-0.05, 0) is 18.6 Å². The van der Waals surface area contributed by atoms with Gasteiger partial charge in [0.1, 0.15) is 18.2 Å². The third-order valence-electron chi connectivity index (χ3n) is 6.18. The van der Waals surface area contributed by atoms with Crippen molar-refractivity contribution in [1.29, 1.82) is 0 Å². The van der Waals surface area contributed by atoms with Crippen LogP contribution in [-0.2, 0) is 0 Å². The molecule has 0 radical (unpaired) electrons. The number of ether oxygens (including phenoxy) is 3. The zero-order chi connectivity index (χ0) is 24.2. The van der Waals surface area contributed by atoms with Gasteiger partial charge < -0.3 is 24.0 Å². The summed E-state index contributed by atoms with van der Waals surface area (Å²) in [6.45, 7) is 5.14. The maximum Gasteiger partial charge on any atom is 0.225 e. The molecule has 0 spiro atoms. The molecule has 4 aromatic rings. The van der Waals surface area contributed by atoms with Crippen LogP contribution >= 0.6 is 0 Å². The van der Waals surface area contributed by atoms with Crippen LogP contribution in [0.5, 0.6) is 17.2 Å². The van der Waals surface area contributed by atoms with E-state index in [1.165, 1.54) is 0 Å². The van der Waals surface area contributed by atoms with E-state index in [0.29, 0.717) is 23.2 Å². The van der Waals surface area contributed by atoms with E-state index in [0.717, 1.165) is 48.5 Å². The topological polar surface area (TPSA) is 85.7 Å². The van der Waals surface area contributed by atoms with Gasteiger partial charge in [0.25, 0.3) is 0 Å². The molecule has 0 N–H and O–H groups in total. The van der Waals surface area contributed by atoms with E-state index in [1.54, 1.807) is 32.9 Å². The van der Waals surface area contributed by atoms with Crippen LogP contribution in [-0.4, -0.2) is 60.3 Å². The molecule has 2 aromatic heterocycles. The van der Waals surface area contributed by atoms with Gasteiger partial charge in [0.05, 0.1) is 32.1 Å². The average Bonchev–Trinajstić information content (AvgIpc) is 2.93. The van der Waals surface area contributed by atoms with Crippen molar-refractivity contribution < 1.29 is 14.2 Å². The number of anilines is 2. The van der Waals surface area contributed by atoms with Gasteiger partial charge >= 0.3 is 0 Å². The van der Waals surface area contributed by atoms with Crippen LogP contribution in [0.1, 0.15) is 18.6 Å². The summed E-state index contributed by atoms with van der Waals surface area (Å²) in [6.07, 6.45) is 5.00. The largest absolute Gasteiger partial charge is 0.493 e. The van der Waals surface area contributed by atoms with Gasteiger partial charge in [-0.1, -0.05) is 30.3 Å². The van der Waals surface area contributed by atoms with Crippen LogP contribution in [0.15, 0.2) is 61.2 Å². The predicted molar refractivity (Wildman–Crippen MR) is 135 cm³/mol. The molecule has 35 heavy (non-hydrogen) atoms. The van der Waals surface area contributed by atoms with Gasteiger partial charge in [-0.3, -0.25) is 0 Å². The minimum atomic E-state index is -0.0736. The number of piperazine rings is 1. The fraction of sp³-hybridized carbons (Fsp3) is 0.308. The van der Waals surface area contributed by atoms with Crippen molar-refractivity contribution >= 4 is 22.7 Å². The lowest BCUT2D eigenvalue weighted by Gasteiger charge is -2.35. The number of hydrogen-bond donors (Lipinski definition) is 0. The van der Waals surface area contributed by atoms with Crippen molar-refractivity contribution in [2.24, 2.45) is 0 Å². The molecule has 1 fully saturated rings. The second kappa shape index (κ2) is 10.0. The van der Waals surface area contributed by atoms with E-state index in [-0.39, 0.29) is 6.10 Å². The van der Waals surface area contributed by atoms with Crippen LogP contribution in [0.25, 0.3) is 10.9 Å². The third-order valence-corrected chi connectivity index (χ3v) is 6.18.